The molecule has 21 heavy (non-hydrogen) atoms. The van der Waals surface area contributed by atoms with Crippen molar-refractivity contribution in [1.82, 2.24) is 0 Å². The molecule has 0 spiro atoms. The first kappa shape index (κ1) is 16.0. The molecule has 0 saturated carbocycles. The molecule has 0 heterocycles. The van der Waals surface area contributed by atoms with Gasteiger partial charge < -0.3 is 5.32 Å². The summed E-state index contributed by atoms with van der Waals surface area (Å²) in [5, 5.41) is 9.02. The Morgan fingerprint density at radius 3 is 2.52 bits per heavy atom. The molecule has 2 rings (SSSR count). The third kappa shape index (κ3) is 3.82. The molecule has 3 nitrogen and oxygen atoms in total. The number of anilines is 2. The largest absolute Gasteiger partial charge is 0.388 e. The van der Waals surface area contributed by atoms with Gasteiger partial charge in [-0.25, -0.2) is 0 Å². The molecule has 0 aliphatic rings. The van der Waals surface area contributed by atoms with Crippen LogP contribution in [0.3, 0.4) is 0 Å². The van der Waals surface area contributed by atoms with Gasteiger partial charge in [-0.1, -0.05) is 40.9 Å². The first-order valence-corrected chi connectivity index (χ1v) is 7.38. The quantitative estimate of drug-likeness (QED) is 0.566. The number of hydrazone groups is 1. The molecule has 110 valence electrons. The second-order valence-corrected chi connectivity index (χ2v) is 5.57. The van der Waals surface area contributed by atoms with Crippen LogP contribution >= 0.6 is 34.8 Å². The van der Waals surface area contributed by atoms with Crippen LogP contribution in [0.1, 0.15) is 12.5 Å². The number of nitrogens with one attached hydrogen (secondary N) is 2. The summed E-state index contributed by atoms with van der Waals surface area (Å²) in [6, 6.07) is 10.9. The first-order valence-electron chi connectivity index (χ1n) is 6.25. The van der Waals surface area contributed by atoms with E-state index in [4.69, 9.17) is 34.8 Å². The zero-order chi connectivity index (χ0) is 15.4. The molecule has 6 heteroatoms. The summed E-state index contributed by atoms with van der Waals surface area (Å²) in [6.45, 7) is 1.89. The number of rotatable bonds is 4. The fourth-order valence-electron chi connectivity index (χ4n) is 1.83. The van der Waals surface area contributed by atoms with Gasteiger partial charge in [-0.3, -0.25) is 5.43 Å². The van der Waals surface area contributed by atoms with Gasteiger partial charge in [0.1, 0.15) is 0 Å². The van der Waals surface area contributed by atoms with E-state index in [0.29, 0.717) is 20.8 Å². The van der Waals surface area contributed by atoms with Crippen LogP contribution in [0.4, 0.5) is 11.4 Å². The number of halogens is 3. The van der Waals surface area contributed by atoms with Gasteiger partial charge in [-0.05, 0) is 37.3 Å². The van der Waals surface area contributed by atoms with Crippen molar-refractivity contribution in [3.8, 4) is 0 Å². The van der Waals surface area contributed by atoms with Crippen LogP contribution < -0.4 is 10.7 Å². The summed E-state index contributed by atoms with van der Waals surface area (Å²) in [4.78, 5) is 0. The van der Waals surface area contributed by atoms with Crippen molar-refractivity contribution in [3.63, 3.8) is 0 Å². The fraction of sp³-hybridized carbons (Fsp3) is 0.133. The van der Waals surface area contributed by atoms with Crippen LogP contribution in [0.15, 0.2) is 41.5 Å². The number of hydrogen-bond acceptors (Lipinski definition) is 3. The van der Waals surface area contributed by atoms with E-state index in [2.05, 4.69) is 15.8 Å². The van der Waals surface area contributed by atoms with E-state index in [1.54, 1.807) is 12.1 Å². The Balaban J connectivity index is 2.29. The van der Waals surface area contributed by atoms with Crippen molar-refractivity contribution in [1.29, 1.82) is 0 Å². The third-order valence-corrected chi connectivity index (χ3v) is 3.99. The van der Waals surface area contributed by atoms with E-state index < -0.39 is 0 Å². The van der Waals surface area contributed by atoms with Gasteiger partial charge in [0, 0.05) is 23.3 Å². The molecule has 0 bridgehead atoms. The molecule has 0 aliphatic carbocycles. The number of hydrogen-bond donors (Lipinski definition) is 2. The lowest BCUT2D eigenvalue weighted by Crippen LogP contribution is -2.04. The standard InChI is InChI=1S/C15H14Cl3N3/c1-9(11-8-10(16)6-7-13(11)19-2)20-21-14-5-3-4-12(17)15(14)18/h3-8,19,21H,1-2H3/b20-9+. The highest BCUT2D eigenvalue weighted by Crippen LogP contribution is 2.29. The molecule has 2 aromatic rings. The second kappa shape index (κ2) is 7.03. The highest BCUT2D eigenvalue weighted by molar-refractivity contribution is 6.43. The first-order chi connectivity index (χ1) is 10.0. The average molecular weight is 343 g/mol. The van der Waals surface area contributed by atoms with Crippen LogP contribution in [0, 0.1) is 0 Å². The molecule has 0 saturated heterocycles. The minimum atomic E-state index is 0.440. The summed E-state index contributed by atoms with van der Waals surface area (Å²) in [6.07, 6.45) is 0. The van der Waals surface area contributed by atoms with Crippen LogP contribution in [-0.2, 0) is 0 Å². The van der Waals surface area contributed by atoms with Gasteiger partial charge in [0.05, 0.1) is 21.4 Å². The smallest absolute Gasteiger partial charge is 0.0842 e. The Hall–Kier alpha value is -1.42. The molecule has 0 radical (unpaired) electrons. The molecule has 0 aliphatic heterocycles. The molecular weight excluding hydrogens is 329 g/mol. The van der Waals surface area contributed by atoms with Crippen molar-refractivity contribution in [2.75, 3.05) is 17.8 Å². The molecule has 0 fully saturated rings. The summed E-state index contributed by atoms with van der Waals surface area (Å²) in [5.74, 6) is 0. The Labute approximate surface area is 138 Å². The fourth-order valence-corrected chi connectivity index (χ4v) is 2.34. The average Bonchev–Trinajstić information content (AvgIpc) is 2.48. The van der Waals surface area contributed by atoms with Gasteiger partial charge in [-0.2, -0.15) is 5.10 Å². The van der Waals surface area contributed by atoms with Gasteiger partial charge in [-0.15, -0.1) is 0 Å². The van der Waals surface area contributed by atoms with E-state index in [0.717, 1.165) is 17.0 Å². The zero-order valence-electron chi connectivity index (χ0n) is 11.5. The van der Waals surface area contributed by atoms with E-state index in [9.17, 15) is 0 Å². The van der Waals surface area contributed by atoms with Crippen molar-refractivity contribution in [2.24, 2.45) is 5.10 Å². The maximum absolute atomic E-state index is 6.11. The number of nitrogens with zero attached hydrogens (tertiary/aromatic N) is 1. The molecule has 2 N–H and O–H groups in total. The Morgan fingerprint density at radius 2 is 1.81 bits per heavy atom. The third-order valence-electron chi connectivity index (χ3n) is 2.94. The van der Waals surface area contributed by atoms with Crippen LogP contribution in [0.5, 0.6) is 0 Å². The molecule has 0 unspecified atom stereocenters. The Bertz CT molecular complexity index is 684. The summed E-state index contributed by atoms with van der Waals surface area (Å²) < 4.78 is 0. The molecule has 2 aromatic carbocycles. The zero-order valence-corrected chi connectivity index (χ0v) is 13.8. The highest BCUT2D eigenvalue weighted by atomic mass is 35.5. The van der Waals surface area contributed by atoms with Crippen molar-refractivity contribution >= 4 is 51.9 Å². The van der Waals surface area contributed by atoms with E-state index >= 15 is 0 Å². The van der Waals surface area contributed by atoms with Crippen molar-refractivity contribution in [2.45, 2.75) is 6.92 Å². The van der Waals surface area contributed by atoms with Crippen molar-refractivity contribution in [3.05, 3.63) is 57.0 Å². The van der Waals surface area contributed by atoms with Crippen LogP contribution in [0.2, 0.25) is 15.1 Å². The van der Waals surface area contributed by atoms with Crippen molar-refractivity contribution < 1.29 is 0 Å². The van der Waals surface area contributed by atoms with Gasteiger partial charge in [0.15, 0.2) is 0 Å². The summed E-state index contributed by atoms with van der Waals surface area (Å²) >= 11 is 18.1. The lowest BCUT2D eigenvalue weighted by molar-refractivity contribution is 1.32. The molecule has 0 aromatic heterocycles. The van der Waals surface area contributed by atoms with Crippen LogP contribution in [0.25, 0.3) is 0 Å². The predicted molar refractivity (Wildman–Crippen MR) is 93.3 cm³/mol. The summed E-state index contributed by atoms with van der Waals surface area (Å²) in [7, 11) is 1.85. The molecule has 0 atom stereocenters. The van der Waals surface area contributed by atoms with E-state index in [1.807, 2.05) is 38.2 Å². The van der Waals surface area contributed by atoms with Gasteiger partial charge in [0.25, 0.3) is 0 Å². The highest BCUT2D eigenvalue weighted by Gasteiger charge is 2.07. The number of benzene rings is 2. The SMILES string of the molecule is CNc1ccc(Cl)cc1/C(C)=N/Nc1cccc(Cl)c1Cl. The minimum Gasteiger partial charge on any atom is -0.388 e. The van der Waals surface area contributed by atoms with E-state index in [-0.39, 0.29) is 0 Å². The monoisotopic (exact) mass is 341 g/mol. The lowest BCUT2D eigenvalue weighted by atomic mass is 10.1. The lowest BCUT2D eigenvalue weighted by Gasteiger charge is -2.10. The predicted octanol–water partition coefficient (Wildman–Crippen LogP) is 5.52. The second-order valence-electron chi connectivity index (χ2n) is 4.35. The van der Waals surface area contributed by atoms with E-state index in [1.165, 1.54) is 0 Å². The molecular formula is C15H14Cl3N3. The van der Waals surface area contributed by atoms with Gasteiger partial charge in [0.2, 0.25) is 0 Å². The van der Waals surface area contributed by atoms with Gasteiger partial charge >= 0.3 is 0 Å². The van der Waals surface area contributed by atoms with Crippen LogP contribution in [-0.4, -0.2) is 12.8 Å². The summed E-state index contributed by atoms with van der Waals surface area (Å²) in [5.41, 5.74) is 6.21. The normalized spacial score (nSPS) is 11.4. The Kier molecular flexibility index (Phi) is 5.34. The maximum atomic E-state index is 6.11. The maximum Gasteiger partial charge on any atom is 0.0842 e. The molecule has 0 amide bonds. The minimum absolute atomic E-state index is 0.440. The topological polar surface area (TPSA) is 36.4 Å². The Morgan fingerprint density at radius 1 is 1.05 bits per heavy atom.